The largest absolute Gasteiger partial charge is 0.497 e. The number of imidazole rings is 1. The Balaban J connectivity index is 1.30. The Bertz CT molecular complexity index is 944. The van der Waals surface area contributed by atoms with E-state index in [0.29, 0.717) is 0 Å². The zero-order valence-electron chi connectivity index (χ0n) is 22.4. The van der Waals surface area contributed by atoms with Gasteiger partial charge in [0.2, 0.25) is 0 Å². The zero-order chi connectivity index (χ0) is 24.6. The maximum Gasteiger partial charge on any atom is 0.141 e. The van der Waals surface area contributed by atoms with Crippen LogP contribution >= 0.6 is 0 Å². The van der Waals surface area contributed by atoms with Gasteiger partial charge in [-0.15, -0.1) is 0 Å². The van der Waals surface area contributed by atoms with Crippen LogP contribution in [0.3, 0.4) is 0 Å². The number of benzene rings is 2. The highest BCUT2D eigenvalue weighted by molar-refractivity contribution is 5.80. The van der Waals surface area contributed by atoms with Gasteiger partial charge in [0.05, 0.1) is 18.1 Å². The molecule has 3 heteroatoms. The molecule has 192 valence electrons. The first-order chi connectivity index (χ1) is 17.3. The number of ether oxygens (including phenoxy) is 1. The summed E-state index contributed by atoms with van der Waals surface area (Å²) in [5.74, 6) is 1.95. The second-order valence-corrected chi connectivity index (χ2v) is 10.1. The normalized spacial score (nSPS) is 11.4. The van der Waals surface area contributed by atoms with Crippen molar-refractivity contribution in [1.29, 1.82) is 0 Å². The average Bonchev–Trinajstić information content (AvgIpc) is 3.27. The van der Waals surface area contributed by atoms with Gasteiger partial charge in [0, 0.05) is 12.1 Å². The van der Waals surface area contributed by atoms with Gasteiger partial charge in [-0.2, -0.15) is 0 Å². The Hall–Kier alpha value is -2.29. The van der Waals surface area contributed by atoms with Gasteiger partial charge in [-0.25, -0.2) is 4.98 Å². The molecule has 0 amide bonds. The second-order valence-electron chi connectivity index (χ2n) is 10.1. The Labute approximate surface area is 214 Å². The molecule has 0 unspecified atom stereocenters. The number of fused-ring (bicyclic) bond motifs is 1. The Morgan fingerprint density at radius 2 is 1.14 bits per heavy atom. The van der Waals surface area contributed by atoms with Crippen molar-refractivity contribution in [2.24, 2.45) is 0 Å². The molecular weight excluding hydrogens is 428 g/mol. The Morgan fingerprint density at radius 3 is 1.69 bits per heavy atom. The highest BCUT2D eigenvalue weighted by Crippen LogP contribution is 2.27. The van der Waals surface area contributed by atoms with Crippen molar-refractivity contribution in [3.63, 3.8) is 0 Å². The SMILES string of the molecule is CCCCCCCCCCCCCCCCCCn1c(-c2ccc(OC)cc2)nc2ccccc21. The summed E-state index contributed by atoms with van der Waals surface area (Å²) in [5.41, 5.74) is 3.47. The smallest absolute Gasteiger partial charge is 0.141 e. The Morgan fingerprint density at radius 1 is 0.629 bits per heavy atom. The van der Waals surface area contributed by atoms with Crippen LogP contribution in [-0.2, 0) is 6.54 Å². The summed E-state index contributed by atoms with van der Waals surface area (Å²) in [6.07, 6.45) is 22.4. The van der Waals surface area contributed by atoms with Crippen LogP contribution < -0.4 is 4.74 Å². The first-order valence-electron chi connectivity index (χ1n) is 14.4. The van der Waals surface area contributed by atoms with E-state index in [0.717, 1.165) is 29.2 Å². The number of aryl methyl sites for hydroxylation is 1. The van der Waals surface area contributed by atoms with E-state index in [-0.39, 0.29) is 0 Å². The lowest BCUT2D eigenvalue weighted by Crippen LogP contribution is -2.01. The number of para-hydroxylation sites is 2. The van der Waals surface area contributed by atoms with E-state index in [2.05, 4.69) is 47.9 Å². The van der Waals surface area contributed by atoms with E-state index in [4.69, 9.17) is 9.72 Å². The summed E-state index contributed by atoms with van der Waals surface area (Å²) in [6.45, 7) is 3.32. The maximum atomic E-state index is 5.33. The van der Waals surface area contributed by atoms with Gasteiger partial charge in [0.25, 0.3) is 0 Å². The third-order valence-electron chi connectivity index (χ3n) is 7.24. The van der Waals surface area contributed by atoms with Crippen LogP contribution in [0, 0.1) is 0 Å². The van der Waals surface area contributed by atoms with Crippen molar-refractivity contribution in [1.82, 2.24) is 9.55 Å². The van der Waals surface area contributed by atoms with Gasteiger partial charge >= 0.3 is 0 Å². The molecule has 1 aromatic heterocycles. The number of rotatable bonds is 19. The van der Waals surface area contributed by atoms with E-state index in [9.17, 15) is 0 Å². The van der Waals surface area contributed by atoms with Crippen LogP contribution in [-0.4, -0.2) is 16.7 Å². The van der Waals surface area contributed by atoms with Crippen molar-refractivity contribution in [3.05, 3.63) is 48.5 Å². The third kappa shape index (κ3) is 9.35. The molecule has 0 saturated heterocycles. The fraction of sp³-hybridized carbons (Fsp3) is 0.594. The Kier molecular flexibility index (Phi) is 12.8. The number of hydrogen-bond donors (Lipinski definition) is 0. The van der Waals surface area contributed by atoms with Crippen LogP contribution in [0.5, 0.6) is 5.75 Å². The summed E-state index contributed by atoms with van der Waals surface area (Å²) >= 11 is 0. The minimum absolute atomic E-state index is 0.884. The summed E-state index contributed by atoms with van der Waals surface area (Å²) in [4.78, 5) is 4.95. The molecule has 0 bridgehead atoms. The molecule has 35 heavy (non-hydrogen) atoms. The van der Waals surface area contributed by atoms with E-state index in [1.165, 1.54) is 108 Å². The first-order valence-corrected chi connectivity index (χ1v) is 14.4. The summed E-state index contributed by atoms with van der Waals surface area (Å²) in [5, 5.41) is 0. The lowest BCUT2D eigenvalue weighted by atomic mass is 10.0. The van der Waals surface area contributed by atoms with Crippen LogP contribution in [0.15, 0.2) is 48.5 Å². The molecule has 0 atom stereocenters. The summed E-state index contributed by atoms with van der Waals surface area (Å²) < 4.78 is 7.73. The fourth-order valence-electron chi connectivity index (χ4n) is 5.08. The van der Waals surface area contributed by atoms with Gasteiger partial charge in [-0.1, -0.05) is 115 Å². The molecule has 3 nitrogen and oxygen atoms in total. The van der Waals surface area contributed by atoms with E-state index in [1.807, 2.05) is 12.1 Å². The zero-order valence-corrected chi connectivity index (χ0v) is 22.4. The monoisotopic (exact) mass is 476 g/mol. The molecule has 0 radical (unpaired) electrons. The average molecular weight is 477 g/mol. The van der Waals surface area contributed by atoms with Gasteiger partial charge in [0.1, 0.15) is 11.6 Å². The molecule has 0 N–H and O–H groups in total. The number of aromatic nitrogens is 2. The maximum absolute atomic E-state index is 5.33. The molecule has 0 aliphatic rings. The van der Waals surface area contributed by atoms with Crippen LogP contribution in [0.4, 0.5) is 0 Å². The molecule has 0 fully saturated rings. The minimum Gasteiger partial charge on any atom is -0.497 e. The second kappa shape index (κ2) is 16.4. The van der Waals surface area contributed by atoms with Crippen LogP contribution in [0.25, 0.3) is 22.4 Å². The third-order valence-corrected chi connectivity index (χ3v) is 7.24. The van der Waals surface area contributed by atoms with Gasteiger partial charge in [-0.05, 0) is 42.8 Å². The molecule has 3 rings (SSSR count). The van der Waals surface area contributed by atoms with Crippen molar-refractivity contribution in [3.8, 4) is 17.1 Å². The van der Waals surface area contributed by atoms with Crippen LogP contribution in [0.1, 0.15) is 110 Å². The molecule has 0 spiro atoms. The molecule has 0 aliphatic carbocycles. The lowest BCUT2D eigenvalue weighted by Gasteiger charge is -2.10. The first kappa shape index (κ1) is 27.3. The molecule has 3 aromatic rings. The van der Waals surface area contributed by atoms with Gasteiger partial charge < -0.3 is 9.30 Å². The van der Waals surface area contributed by atoms with Crippen LogP contribution in [0.2, 0.25) is 0 Å². The highest BCUT2D eigenvalue weighted by atomic mass is 16.5. The predicted octanol–water partition coefficient (Wildman–Crippen LogP) is 9.97. The number of nitrogens with zero attached hydrogens (tertiary/aromatic N) is 2. The topological polar surface area (TPSA) is 27.1 Å². The fourth-order valence-corrected chi connectivity index (χ4v) is 5.08. The molecule has 0 aliphatic heterocycles. The van der Waals surface area contributed by atoms with E-state index < -0.39 is 0 Å². The minimum atomic E-state index is 0.884. The van der Waals surface area contributed by atoms with Crippen molar-refractivity contribution >= 4 is 11.0 Å². The van der Waals surface area contributed by atoms with Crippen molar-refractivity contribution in [2.45, 2.75) is 116 Å². The molecule has 2 aromatic carbocycles. The molecule has 1 heterocycles. The molecule has 0 saturated carbocycles. The van der Waals surface area contributed by atoms with Gasteiger partial charge in [0.15, 0.2) is 0 Å². The van der Waals surface area contributed by atoms with Gasteiger partial charge in [-0.3, -0.25) is 0 Å². The highest BCUT2D eigenvalue weighted by Gasteiger charge is 2.12. The van der Waals surface area contributed by atoms with E-state index in [1.54, 1.807) is 7.11 Å². The van der Waals surface area contributed by atoms with Crippen molar-refractivity contribution in [2.75, 3.05) is 7.11 Å². The number of unbranched alkanes of at least 4 members (excludes halogenated alkanes) is 15. The lowest BCUT2D eigenvalue weighted by molar-refractivity contribution is 0.415. The van der Waals surface area contributed by atoms with E-state index >= 15 is 0 Å². The number of methoxy groups -OCH3 is 1. The summed E-state index contributed by atoms with van der Waals surface area (Å²) in [6, 6.07) is 16.8. The quantitative estimate of drug-likeness (QED) is 0.161. The molecular formula is C32H48N2O. The number of hydrogen-bond acceptors (Lipinski definition) is 2. The standard InChI is InChI=1S/C32H48N2O/c1-3-4-5-6-7-8-9-10-11-12-13-14-15-16-17-20-27-34-31-22-19-18-21-30(31)33-32(34)28-23-25-29(35-2)26-24-28/h18-19,21-26H,3-17,20,27H2,1-2H3. The predicted molar refractivity (Wildman–Crippen MR) is 151 cm³/mol. The van der Waals surface area contributed by atoms with Crippen molar-refractivity contribution < 1.29 is 4.74 Å². The summed E-state index contributed by atoms with van der Waals surface area (Å²) in [7, 11) is 1.71.